The Bertz CT molecular complexity index is 915. The molecule has 2 aromatic carbocycles. The van der Waals surface area contributed by atoms with Crippen LogP contribution in [0.2, 0.25) is 0 Å². The maximum atomic E-state index is 11.8. The monoisotopic (exact) mass is 308 g/mol. The van der Waals surface area contributed by atoms with Crippen molar-refractivity contribution < 1.29 is 9.15 Å². The Morgan fingerprint density at radius 1 is 0.913 bits per heavy atom. The van der Waals surface area contributed by atoms with Crippen LogP contribution >= 0.6 is 0 Å². The molecule has 3 nitrogen and oxygen atoms in total. The molecule has 0 unspecified atom stereocenters. The quantitative estimate of drug-likeness (QED) is 0.663. The summed E-state index contributed by atoms with van der Waals surface area (Å²) in [4.78, 5) is 11.8. The standard InChI is InChI=1S/C20H20O3/c1-12-7-13(2)9-16(8-12)11-22-17-5-6-18-14(3)15(4)20(21)23-19(18)10-17/h5-10H,11H2,1-4H3. The molecule has 0 amide bonds. The van der Waals surface area contributed by atoms with Gasteiger partial charge in [-0.25, -0.2) is 4.79 Å². The summed E-state index contributed by atoms with van der Waals surface area (Å²) < 4.78 is 11.2. The lowest BCUT2D eigenvalue weighted by molar-refractivity contribution is 0.306. The van der Waals surface area contributed by atoms with E-state index in [0.717, 1.165) is 16.5 Å². The Kier molecular flexibility index (Phi) is 3.95. The minimum atomic E-state index is -0.290. The van der Waals surface area contributed by atoms with E-state index in [4.69, 9.17) is 9.15 Å². The average Bonchev–Trinajstić information content (AvgIpc) is 2.49. The van der Waals surface area contributed by atoms with Crippen LogP contribution < -0.4 is 10.4 Å². The molecule has 1 aromatic heterocycles. The third kappa shape index (κ3) is 3.14. The first-order valence-electron chi connectivity index (χ1n) is 7.68. The normalized spacial score (nSPS) is 11.0. The lowest BCUT2D eigenvalue weighted by Crippen LogP contribution is -2.05. The number of fused-ring (bicyclic) bond motifs is 1. The highest BCUT2D eigenvalue weighted by Crippen LogP contribution is 2.24. The number of rotatable bonds is 3. The summed E-state index contributed by atoms with van der Waals surface area (Å²) in [5, 5.41) is 0.945. The molecule has 0 fully saturated rings. The fraction of sp³-hybridized carbons (Fsp3) is 0.250. The Morgan fingerprint density at radius 2 is 1.61 bits per heavy atom. The van der Waals surface area contributed by atoms with Gasteiger partial charge in [0.15, 0.2) is 0 Å². The van der Waals surface area contributed by atoms with Gasteiger partial charge in [-0.3, -0.25) is 0 Å². The molecular formula is C20H20O3. The minimum absolute atomic E-state index is 0.290. The molecule has 0 bridgehead atoms. The van der Waals surface area contributed by atoms with Gasteiger partial charge in [0.2, 0.25) is 0 Å². The predicted octanol–water partition coefficient (Wildman–Crippen LogP) is 4.61. The third-order valence-corrected chi connectivity index (χ3v) is 4.12. The molecule has 1 heterocycles. The number of hydrogen-bond acceptors (Lipinski definition) is 3. The molecule has 23 heavy (non-hydrogen) atoms. The fourth-order valence-corrected chi connectivity index (χ4v) is 2.84. The van der Waals surface area contributed by atoms with Gasteiger partial charge in [0, 0.05) is 17.0 Å². The van der Waals surface area contributed by atoms with E-state index in [1.54, 1.807) is 13.0 Å². The molecule has 0 spiro atoms. The Labute approximate surface area is 135 Å². The average molecular weight is 308 g/mol. The van der Waals surface area contributed by atoms with E-state index >= 15 is 0 Å². The third-order valence-electron chi connectivity index (χ3n) is 4.12. The van der Waals surface area contributed by atoms with Crippen LogP contribution in [0.1, 0.15) is 27.8 Å². The molecule has 3 aromatic rings. The van der Waals surface area contributed by atoms with Crippen molar-refractivity contribution in [2.24, 2.45) is 0 Å². The highest BCUT2D eigenvalue weighted by molar-refractivity contribution is 5.82. The molecule has 118 valence electrons. The second-order valence-corrected chi connectivity index (χ2v) is 6.08. The van der Waals surface area contributed by atoms with Crippen LogP contribution in [0.4, 0.5) is 0 Å². The molecule has 0 N–H and O–H groups in total. The molecule has 0 saturated heterocycles. The van der Waals surface area contributed by atoms with E-state index < -0.39 is 0 Å². The molecule has 3 rings (SSSR count). The van der Waals surface area contributed by atoms with Gasteiger partial charge in [0.25, 0.3) is 0 Å². The summed E-state index contributed by atoms with van der Waals surface area (Å²) in [6.45, 7) is 8.36. The van der Waals surface area contributed by atoms with Crippen molar-refractivity contribution in [2.75, 3.05) is 0 Å². The van der Waals surface area contributed by atoms with E-state index in [2.05, 4.69) is 32.0 Å². The lowest BCUT2D eigenvalue weighted by atomic mass is 10.1. The Balaban J connectivity index is 1.89. The second-order valence-electron chi connectivity index (χ2n) is 6.08. The van der Waals surface area contributed by atoms with Crippen molar-refractivity contribution >= 4 is 11.0 Å². The molecule has 0 atom stereocenters. The second kappa shape index (κ2) is 5.92. The molecule has 0 saturated carbocycles. The van der Waals surface area contributed by atoms with Crippen molar-refractivity contribution in [3.05, 3.63) is 74.6 Å². The van der Waals surface area contributed by atoms with E-state index in [1.165, 1.54) is 11.1 Å². The molecule has 0 radical (unpaired) electrons. The largest absolute Gasteiger partial charge is 0.489 e. The summed E-state index contributed by atoms with van der Waals surface area (Å²) in [5.41, 5.74) is 5.46. The zero-order valence-corrected chi connectivity index (χ0v) is 13.9. The SMILES string of the molecule is Cc1cc(C)cc(COc2ccc3c(C)c(C)c(=O)oc3c2)c1. The number of benzene rings is 2. The smallest absolute Gasteiger partial charge is 0.339 e. The van der Waals surface area contributed by atoms with Gasteiger partial charge in [-0.1, -0.05) is 29.3 Å². The molecule has 3 heteroatoms. The number of hydrogen-bond donors (Lipinski definition) is 0. The van der Waals surface area contributed by atoms with Crippen molar-refractivity contribution in [1.29, 1.82) is 0 Å². The first-order valence-corrected chi connectivity index (χ1v) is 7.68. The summed E-state index contributed by atoms with van der Waals surface area (Å²) in [6.07, 6.45) is 0. The highest BCUT2D eigenvalue weighted by Gasteiger charge is 2.08. The Morgan fingerprint density at radius 3 is 2.30 bits per heavy atom. The van der Waals surface area contributed by atoms with Crippen LogP contribution in [0, 0.1) is 27.7 Å². The van der Waals surface area contributed by atoms with Gasteiger partial charge < -0.3 is 9.15 Å². The van der Waals surface area contributed by atoms with Crippen LogP contribution in [-0.4, -0.2) is 0 Å². The zero-order valence-electron chi connectivity index (χ0n) is 13.9. The van der Waals surface area contributed by atoms with Crippen LogP contribution in [0.3, 0.4) is 0 Å². The zero-order chi connectivity index (χ0) is 16.6. The van der Waals surface area contributed by atoms with E-state index in [1.807, 2.05) is 19.1 Å². The Hall–Kier alpha value is -2.55. The van der Waals surface area contributed by atoms with Crippen LogP contribution in [0.5, 0.6) is 5.75 Å². The van der Waals surface area contributed by atoms with Crippen molar-refractivity contribution in [3.63, 3.8) is 0 Å². The van der Waals surface area contributed by atoms with Gasteiger partial charge in [-0.05, 0) is 51.0 Å². The van der Waals surface area contributed by atoms with Gasteiger partial charge in [-0.15, -0.1) is 0 Å². The van der Waals surface area contributed by atoms with Crippen molar-refractivity contribution in [1.82, 2.24) is 0 Å². The van der Waals surface area contributed by atoms with Crippen molar-refractivity contribution in [3.8, 4) is 5.75 Å². The topological polar surface area (TPSA) is 39.4 Å². The van der Waals surface area contributed by atoms with Crippen LogP contribution in [0.15, 0.2) is 45.6 Å². The molecule has 0 aliphatic carbocycles. The van der Waals surface area contributed by atoms with Gasteiger partial charge in [0.1, 0.15) is 17.9 Å². The minimum Gasteiger partial charge on any atom is -0.489 e. The maximum absolute atomic E-state index is 11.8. The van der Waals surface area contributed by atoms with Gasteiger partial charge in [0.05, 0.1) is 0 Å². The number of aryl methyl sites for hydroxylation is 3. The number of ether oxygens (including phenoxy) is 1. The van der Waals surface area contributed by atoms with Crippen LogP contribution in [-0.2, 0) is 6.61 Å². The summed E-state index contributed by atoms with van der Waals surface area (Å²) in [5.74, 6) is 0.697. The van der Waals surface area contributed by atoms with E-state index in [0.29, 0.717) is 23.5 Å². The van der Waals surface area contributed by atoms with Crippen LogP contribution in [0.25, 0.3) is 11.0 Å². The lowest BCUT2D eigenvalue weighted by Gasteiger charge is -2.10. The highest BCUT2D eigenvalue weighted by atomic mass is 16.5. The molecule has 0 aliphatic heterocycles. The van der Waals surface area contributed by atoms with E-state index in [-0.39, 0.29) is 5.63 Å². The summed E-state index contributed by atoms with van der Waals surface area (Å²) in [6, 6.07) is 12.0. The molecule has 0 aliphatic rings. The fourth-order valence-electron chi connectivity index (χ4n) is 2.84. The van der Waals surface area contributed by atoms with E-state index in [9.17, 15) is 4.79 Å². The summed E-state index contributed by atoms with van der Waals surface area (Å²) in [7, 11) is 0. The summed E-state index contributed by atoms with van der Waals surface area (Å²) >= 11 is 0. The van der Waals surface area contributed by atoms with Gasteiger partial charge >= 0.3 is 5.63 Å². The predicted molar refractivity (Wildman–Crippen MR) is 92.2 cm³/mol. The van der Waals surface area contributed by atoms with Crippen molar-refractivity contribution in [2.45, 2.75) is 34.3 Å². The first-order chi connectivity index (χ1) is 10.9. The maximum Gasteiger partial charge on any atom is 0.339 e. The van der Waals surface area contributed by atoms with Gasteiger partial charge in [-0.2, -0.15) is 0 Å². The molecular weight excluding hydrogens is 288 g/mol. The first kappa shape index (κ1) is 15.3.